The molecule has 15 heavy (non-hydrogen) atoms. The molecule has 82 valence electrons. The maximum Gasteiger partial charge on any atom is 0.0576 e. The van der Waals surface area contributed by atoms with Gasteiger partial charge in [-0.1, -0.05) is 19.4 Å². The van der Waals surface area contributed by atoms with E-state index < -0.39 is 0 Å². The van der Waals surface area contributed by atoms with Gasteiger partial charge in [-0.05, 0) is 31.4 Å². The molecule has 0 fully saturated rings. The first kappa shape index (κ1) is 10.6. The van der Waals surface area contributed by atoms with Gasteiger partial charge in [0, 0.05) is 25.3 Å². The van der Waals surface area contributed by atoms with Crippen molar-refractivity contribution in [3.8, 4) is 0 Å². The Bertz CT molecular complexity index is 322. The van der Waals surface area contributed by atoms with Crippen LogP contribution in [0.2, 0.25) is 0 Å². The second-order valence-corrected chi connectivity index (χ2v) is 4.47. The highest BCUT2D eigenvalue weighted by molar-refractivity contribution is 5.22. The minimum absolute atomic E-state index is 0.699. The average molecular weight is 204 g/mol. The van der Waals surface area contributed by atoms with Crippen LogP contribution in [-0.4, -0.2) is 22.5 Å². The zero-order valence-corrected chi connectivity index (χ0v) is 9.74. The van der Waals surface area contributed by atoms with Crippen molar-refractivity contribution in [3.05, 3.63) is 29.6 Å². The zero-order valence-electron chi connectivity index (χ0n) is 9.74. The predicted octanol–water partition coefficient (Wildman–Crippen LogP) is 2.63. The van der Waals surface area contributed by atoms with Crippen molar-refractivity contribution < 1.29 is 0 Å². The van der Waals surface area contributed by atoms with Gasteiger partial charge in [0.05, 0.1) is 5.69 Å². The summed E-state index contributed by atoms with van der Waals surface area (Å²) in [5, 5.41) is 0. The lowest BCUT2D eigenvalue weighted by Gasteiger charge is -2.32. The number of hydrogen-bond donors (Lipinski definition) is 0. The molecule has 2 nitrogen and oxygen atoms in total. The molecule has 1 unspecified atom stereocenters. The number of aromatic nitrogens is 1. The van der Waals surface area contributed by atoms with Gasteiger partial charge in [0.1, 0.15) is 0 Å². The molecule has 1 aliphatic heterocycles. The molecule has 1 aliphatic rings. The highest BCUT2D eigenvalue weighted by Crippen LogP contribution is 2.19. The van der Waals surface area contributed by atoms with E-state index in [1.165, 1.54) is 30.6 Å². The third-order valence-corrected chi connectivity index (χ3v) is 3.34. The van der Waals surface area contributed by atoms with Crippen LogP contribution in [0.3, 0.4) is 0 Å². The lowest BCUT2D eigenvalue weighted by Crippen LogP contribution is -2.37. The molecule has 0 amide bonds. The van der Waals surface area contributed by atoms with Gasteiger partial charge in [0.2, 0.25) is 0 Å². The van der Waals surface area contributed by atoms with E-state index in [2.05, 4.69) is 29.8 Å². The van der Waals surface area contributed by atoms with E-state index in [9.17, 15) is 0 Å². The molecule has 2 rings (SSSR count). The smallest absolute Gasteiger partial charge is 0.0576 e. The number of hydrogen-bond acceptors (Lipinski definition) is 2. The summed E-state index contributed by atoms with van der Waals surface area (Å²) in [5.41, 5.74) is 2.73. The van der Waals surface area contributed by atoms with Crippen molar-refractivity contribution in [3.63, 3.8) is 0 Å². The van der Waals surface area contributed by atoms with E-state index >= 15 is 0 Å². The maximum atomic E-state index is 4.47. The van der Waals surface area contributed by atoms with Crippen molar-refractivity contribution in [2.45, 2.75) is 45.7 Å². The average Bonchev–Trinajstić information content (AvgIpc) is 2.29. The van der Waals surface area contributed by atoms with E-state index in [0.717, 1.165) is 13.0 Å². The van der Waals surface area contributed by atoms with Crippen molar-refractivity contribution >= 4 is 0 Å². The Balaban J connectivity index is 2.05. The molecule has 0 aromatic carbocycles. The fourth-order valence-electron chi connectivity index (χ4n) is 2.35. The minimum atomic E-state index is 0.699. The number of pyridine rings is 1. The van der Waals surface area contributed by atoms with Crippen LogP contribution in [-0.2, 0) is 13.0 Å². The second-order valence-electron chi connectivity index (χ2n) is 4.47. The molecular weight excluding hydrogens is 184 g/mol. The van der Waals surface area contributed by atoms with E-state index in [-0.39, 0.29) is 0 Å². The van der Waals surface area contributed by atoms with Gasteiger partial charge in [-0.15, -0.1) is 0 Å². The standard InChI is InChI=1S/C13H20N2/c1-3-5-11(2)15-9-7-12-6-4-8-14-13(12)10-15/h4,6,8,11H,3,5,7,9-10H2,1-2H3. The molecular formula is C13H20N2. The normalized spacial score (nSPS) is 18.5. The van der Waals surface area contributed by atoms with Gasteiger partial charge in [0.25, 0.3) is 0 Å². The quantitative estimate of drug-likeness (QED) is 0.752. The summed E-state index contributed by atoms with van der Waals surface area (Å²) in [4.78, 5) is 7.02. The molecule has 0 aliphatic carbocycles. The maximum absolute atomic E-state index is 4.47. The van der Waals surface area contributed by atoms with E-state index in [1.807, 2.05) is 12.3 Å². The fourth-order valence-corrected chi connectivity index (χ4v) is 2.35. The summed E-state index contributed by atoms with van der Waals surface area (Å²) < 4.78 is 0. The Hall–Kier alpha value is -0.890. The van der Waals surface area contributed by atoms with Crippen LogP contribution in [0.15, 0.2) is 18.3 Å². The molecule has 1 aromatic rings. The van der Waals surface area contributed by atoms with E-state index in [1.54, 1.807) is 0 Å². The van der Waals surface area contributed by atoms with Crippen molar-refractivity contribution in [1.29, 1.82) is 0 Å². The zero-order chi connectivity index (χ0) is 10.7. The number of fused-ring (bicyclic) bond motifs is 1. The highest BCUT2D eigenvalue weighted by Gasteiger charge is 2.20. The molecule has 0 bridgehead atoms. The molecule has 0 radical (unpaired) electrons. The molecule has 1 atom stereocenters. The SMILES string of the molecule is CCCC(C)N1CCc2cccnc2C1. The summed E-state index contributed by atoms with van der Waals surface area (Å²) in [6.07, 6.45) is 5.64. The molecule has 0 N–H and O–H groups in total. The van der Waals surface area contributed by atoms with Gasteiger partial charge in [-0.2, -0.15) is 0 Å². The van der Waals surface area contributed by atoms with E-state index in [0.29, 0.717) is 6.04 Å². The topological polar surface area (TPSA) is 16.1 Å². The Morgan fingerprint density at radius 1 is 1.53 bits per heavy atom. The first-order valence-electron chi connectivity index (χ1n) is 5.98. The fraction of sp³-hybridized carbons (Fsp3) is 0.615. The van der Waals surface area contributed by atoms with Gasteiger partial charge in [-0.3, -0.25) is 9.88 Å². The number of rotatable bonds is 3. The monoisotopic (exact) mass is 204 g/mol. The van der Waals surface area contributed by atoms with Crippen LogP contribution in [0.25, 0.3) is 0 Å². The minimum Gasteiger partial charge on any atom is -0.295 e. The first-order chi connectivity index (χ1) is 7.31. The third kappa shape index (κ3) is 2.37. The summed E-state index contributed by atoms with van der Waals surface area (Å²) in [7, 11) is 0. The van der Waals surface area contributed by atoms with Crippen LogP contribution >= 0.6 is 0 Å². The summed E-state index contributed by atoms with van der Waals surface area (Å²) in [6.45, 7) is 6.82. The van der Waals surface area contributed by atoms with Crippen LogP contribution in [0.5, 0.6) is 0 Å². The Kier molecular flexibility index (Phi) is 3.37. The van der Waals surface area contributed by atoms with Gasteiger partial charge in [-0.25, -0.2) is 0 Å². The van der Waals surface area contributed by atoms with Crippen LogP contribution in [0.4, 0.5) is 0 Å². The van der Waals surface area contributed by atoms with Crippen molar-refractivity contribution in [2.24, 2.45) is 0 Å². The largest absolute Gasteiger partial charge is 0.295 e. The van der Waals surface area contributed by atoms with E-state index in [4.69, 9.17) is 0 Å². The number of nitrogens with zero attached hydrogens (tertiary/aromatic N) is 2. The van der Waals surface area contributed by atoms with Crippen molar-refractivity contribution in [2.75, 3.05) is 6.54 Å². The highest BCUT2D eigenvalue weighted by atomic mass is 15.2. The molecule has 1 aromatic heterocycles. The van der Waals surface area contributed by atoms with Crippen LogP contribution < -0.4 is 0 Å². The molecule has 0 spiro atoms. The molecule has 2 heteroatoms. The van der Waals surface area contributed by atoms with Gasteiger partial charge >= 0.3 is 0 Å². The van der Waals surface area contributed by atoms with Gasteiger partial charge in [0.15, 0.2) is 0 Å². The van der Waals surface area contributed by atoms with Crippen LogP contribution in [0.1, 0.15) is 37.9 Å². The molecule has 0 saturated heterocycles. The predicted molar refractivity (Wildman–Crippen MR) is 62.7 cm³/mol. The van der Waals surface area contributed by atoms with Crippen LogP contribution in [0, 0.1) is 0 Å². The summed E-state index contributed by atoms with van der Waals surface area (Å²) in [6, 6.07) is 4.96. The summed E-state index contributed by atoms with van der Waals surface area (Å²) in [5.74, 6) is 0. The molecule has 0 saturated carbocycles. The Labute approximate surface area is 92.3 Å². The van der Waals surface area contributed by atoms with Crippen molar-refractivity contribution in [1.82, 2.24) is 9.88 Å². The first-order valence-corrected chi connectivity index (χ1v) is 5.98. The van der Waals surface area contributed by atoms with Gasteiger partial charge < -0.3 is 0 Å². The second kappa shape index (κ2) is 4.75. The Morgan fingerprint density at radius 2 is 2.40 bits per heavy atom. The molecule has 2 heterocycles. The third-order valence-electron chi connectivity index (χ3n) is 3.34. The summed E-state index contributed by atoms with van der Waals surface area (Å²) >= 11 is 0. The lowest BCUT2D eigenvalue weighted by molar-refractivity contribution is 0.178. The lowest BCUT2D eigenvalue weighted by atomic mass is 10.0. The Morgan fingerprint density at radius 3 is 3.20 bits per heavy atom.